The number of halogens is 1. The largest absolute Gasteiger partial charge is 0.392 e. The van der Waals surface area contributed by atoms with E-state index in [1.807, 2.05) is 13.8 Å². The molecule has 1 unspecified atom stereocenters. The van der Waals surface area contributed by atoms with E-state index in [-0.39, 0.29) is 17.5 Å². The Balaban J connectivity index is 3.27. The summed E-state index contributed by atoms with van der Waals surface area (Å²) in [4.78, 5) is 0.172. The zero-order chi connectivity index (χ0) is 16.0. The van der Waals surface area contributed by atoms with Gasteiger partial charge in [-0.2, -0.15) is 4.31 Å². The fourth-order valence-corrected chi connectivity index (χ4v) is 4.60. The third kappa shape index (κ3) is 4.50. The summed E-state index contributed by atoms with van der Waals surface area (Å²) in [6, 6.07) is 4.70. The SMILES string of the molecule is CCC(C)N(CCOC)S(=O)(=O)c1cc(CO)ccc1Br. The molecule has 0 saturated heterocycles. The van der Waals surface area contributed by atoms with Gasteiger partial charge in [0.15, 0.2) is 0 Å². The van der Waals surface area contributed by atoms with Crippen LogP contribution in [0.2, 0.25) is 0 Å². The maximum Gasteiger partial charge on any atom is 0.244 e. The van der Waals surface area contributed by atoms with Crippen molar-refractivity contribution < 1.29 is 18.3 Å². The van der Waals surface area contributed by atoms with Crippen molar-refractivity contribution in [1.29, 1.82) is 0 Å². The van der Waals surface area contributed by atoms with Gasteiger partial charge in [-0.25, -0.2) is 8.42 Å². The fourth-order valence-electron chi connectivity index (χ4n) is 1.93. The molecule has 120 valence electrons. The van der Waals surface area contributed by atoms with Gasteiger partial charge in [0, 0.05) is 24.2 Å². The molecule has 1 atom stereocenters. The number of methoxy groups -OCH3 is 1. The Hall–Kier alpha value is -0.470. The molecule has 0 radical (unpaired) electrons. The van der Waals surface area contributed by atoms with E-state index in [0.29, 0.717) is 29.6 Å². The van der Waals surface area contributed by atoms with E-state index in [0.717, 1.165) is 0 Å². The van der Waals surface area contributed by atoms with E-state index < -0.39 is 10.0 Å². The van der Waals surface area contributed by atoms with Gasteiger partial charge in [-0.15, -0.1) is 0 Å². The van der Waals surface area contributed by atoms with Crippen molar-refractivity contribution in [3.8, 4) is 0 Å². The Labute approximate surface area is 135 Å². The van der Waals surface area contributed by atoms with Crippen molar-refractivity contribution in [3.05, 3.63) is 28.2 Å². The zero-order valence-electron chi connectivity index (χ0n) is 12.5. The summed E-state index contributed by atoms with van der Waals surface area (Å²) in [5.74, 6) is 0. The zero-order valence-corrected chi connectivity index (χ0v) is 14.9. The number of hydrogen-bond donors (Lipinski definition) is 1. The van der Waals surface area contributed by atoms with Crippen LogP contribution in [0.4, 0.5) is 0 Å². The van der Waals surface area contributed by atoms with E-state index in [2.05, 4.69) is 15.9 Å². The average Bonchev–Trinajstić information content (AvgIpc) is 2.47. The van der Waals surface area contributed by atoms with Crippen LogP contribution in [0.5, 0.6) is 0 Å². The molecule has 0 aliphatic rings. The Kier molecular flexibility index (Phi) is 7.29. The number of rotatable bonds is 8. The molecule has 0 aromatic heterocycles. The fraction of sp³-hybridized carbons (Fsp3) is 0.571. The van der Waals surface area contributed by atoms with Crippen LogP contribution in [0.25, 0.3) is 0 Å². The van der Waals surface area contributed by atoms with Crippen LogP contribution in [0, 0.1) is 0 Å². The van der Waals surface area contributed by atoms with Crippen molar-refractivity contribution in [2.24, 2.45) is 0 Å². The number of benzene rings is 1. The van der Waals surface area contributed by atoms with Gasteiger partial charge < -0.3 is 9.84 Å². The van der Waals surface area contributed by atoms with Gasteiger partial charge >= 0.3 is 0 Å². The van der Waals surface area contributed by atoms with E-state index in [1.54, 1.807) is 19.2 Å². The summed E-state index contributed by atoms with van der Waals surface area (Å²) in [7, 11) is -2.11. The van der Waals surface area contributed by atoms with E-state index in [1.165, 1.54) is 10.4 Å². The molecule has 1 rings (SSSR count). The van der Waals surface area contributed by atoms with Crippen LogP contribution in [-0.4, -0.2) is 44.1 Å². The van der Waals surface area contributed by atoms with Crippen LogP contribution < -0.4 is 0 Å². The molecule has 0 heterocycles. The van der Waals surface area contributed by atoms with Crippen LogP contribution in [-0.2, 0) is 21.4 Å². The Bertz CT molecular complexity index is 562. The first kappa shape index (κ1) is 18.6. The number of aliphatic hydroxyl groups is 1. The number of sulfonamides is 1. The van der Waals surface area contributed by atoms with Gasteiger partial charge in [0.2, 0.25) is 10.0 Å². The van der Waals surface area contributed by atoms with Crippen LogP contribution in [0.3, 0.4) is 0 Å². The van der Waals surface area contributed by atoms with E-state index in [9.17, 15) is 13.5 Å². The molecule has 7 heteroatoms. The lowest BCUT2D eigenvalue weighted by molar-refractivity contribution is 0.167. The lowest BCUT2D eigenvalue weighted by Crippen LogP contribution is -2.40. The normalized spacial score (nSPS) is 13.6. The highest BCUT2D eigenvalue weighted by Gasteiger charge is 2.29. The second-order valence-electron chi connectivity index (χ2n) is 4.79. The molecule has 5 nitrogen and oxygen atoms in total. The maximum absolute atomic E-state index is 12.9. The molecule has 0 amide bonds. The molecular formula is C14H22BrNO4S. The predicted octanol–water partition coefficient (Wildman–Crippen LogP) is 2.38. The molecule has 0 bridgehead atoms. The molecule has 0 saturated carbocycles. The van der Waals surface area contributed by atoms with Gasteiger partial charge in [0.25, 0.3) is 0 Å². The maximum atomic E-state index is 12.9. The van der Waals surface area contributed by atoms with Gasteiger partial charge in [0.05, 0.1) is 18.1 Å². The first-order valence-corrected chi connectivity index (χ1v) is 9.01. The van der Waals surface area contributed by atoms with Crippen molar-refractivity contribution in [2.75, 3.05) is 20.3 Å². The number of aliphatic hydroxyl groups excluding tert-OH is 1. The minimum Gasteiger partial charge on any atom is -0.392 e. The smallest absolute Gasteiger partial charge is 0.244 e. The molecule has 0 aliphatic carbocycles. The topological polar surface area (TPSA) is 66.8 Å². The third-order valence-corrected chi connectivity index (χ3v) is 6.37. The molecule has 1 aromatic rings. The summed E-state index contributed by atoms with van der Waals surface area (Å²) < 4.78 is 32.7. The molecular weight excluding hydrogens is 358 g/mol. The minimum absolute atomic E-state index is 0.130. The van der Waals surface area contributed by atoms with Crippen molar-refractivity contribution in [2.45, 2.75) is 37.8 Å². The van der Waals surface area contributed by atoms with Gasteiger partial charge in [-0.05, 0) is 47.0 Å². The molecule has 1 aromatic carbocycles. The first-order valence-electron chi connectivity index (χ1n) is 6.78. The number of nitrogens with zero attached hydrogens (tertiary/aromatic N) is 1. The highest BCUT2D eigenvalue weighted by molar-refractivity contribution is 9.10. The molecule has 21 heavy (non-hydrogen) atoms. The standard InChI is InChI=1S/C14H22BrNO4S/c1-4-11(2)16(7-8-20-3)21(18,19)14-9-12(10-17)5-6-13(14)15/h5-6,9,11,17H,4,7-8,10H2,1-3H3. The van der Waals surface area contributed by atoms with Crippen molar-refractivity contribution in [1.82, 2.24) is 4.31 Å². The Morgan fingerprint density at radius 3 is 2.62 bits per heavy atom. The number of hydrogen-bond acceptors (Lipinski definition) is 4. The number of ether oxygens (including phenoxy) is 1. The Morgan fingerprint density at radius 1 is 1.43 bits per heavy atom. The van der Waals surface area contributed by atoms with Crippen LogP contribution in [0.1, 0.15) is 25.8 Å². The average molecular weight is 380 g/mol. The molecule has 0 aliphatic heterocycles. The summed E-state index contributed by atoms with van der Waals surface area (Å²) >= 11 is 3.28. The second kappa shape index (κ2) is 8.24. The molecule has 1 N–H and O–H groups in total. The first-order chi connectivity index (χ1) is 9.88. The summed E-state index contributed by atoms with van der Waals surface area (Å²) in [6.07, 6.45) is 0.709. The van der Waals surface area contributed by atoms with Crippen LogP contribution >= 0.6 is 15.9 Å². The minimum atomic E-state index is -3.65. The lowest BCUT2D eigenvalue weighted by atomic mass is 10.2. The van der Waals surface area contributed by atoms with Crippen molar-refractivity contribution in [3.63, 3.8) is 0 Å². The van der Waals surface area contributed by atoms with Gasteiger partial charge in [-0.1, -0.05) is 13.0 Å². The predicted molar refractivity (Wildman–Crippen MR) is 85.6 cm³/mol. The second-order valence-corrected chi connectivity index (χ2v) is 7.50. The monoisotopic (exact) mass is 379 g/mol. The van der Waals surface area contributed by atoms with Crippen molar-refractivity contribution >= 4 is 26.0 Å². The Morgan fingerprint density at radius 2 is 2.10 bits per heavy atom. The molecule has 0 fully saturated rings. The van der Waals surface area contributed by atoms with Crippen LogP contribution in [0.15, 0.2) is 27.6 Å². The summed E-state index contributed by atoms with van der Waals surface area (Å²) in [5, 5.41) is 9.21. The summed E-state index contributed by atoms with van der Waals surface area (Å²) in [5.41, 5.74) is 0.563. The summed E-state index contributed by atoms with van der Waals surface area (Å²) in [6.45, 7) is 4.25. The van der Waals surface area contributed by atoms with E-state index in [4.69, 9.17) is 4.74 Å². The third-order valence-electron chi connectivity index (χ3n) is 3.36. The lowest BCUT2D eigenvalue weighted by Gasteiger charge is -2.28. The highest BCUT2D eigenvalue weighted by atomic mass is 79.9. The highest BCUT2D eigenvalue weighted by Crippen LogP contribution is 2.28. The quantitative estimate of drug-likeness (QED) is 0.752. The van der Waals surface area contributed by atoms with E-state index >= 15 is 0 Å². The van der Waals surface area contributed by atoms with Gasteiger partial charge in [0.1, 0.15) is 0 Å². The van der Waals surface area contributed by atoms with Gasteiger partial charge in [-0.3, -0.25) is 0 Å². The molecule has 0 spiro atoms.